The second-order valence-corrected chi connectivity index (χ2v) is 2.26. The molecule has 0 aliphatic carbocycles. The predicted molar refractivity (Wildman–Crippen MR) is 32.7 cm³/mol. The summed E-state index contributed by atoms with van der Waals surface area (Å²) < 4.78 is 9.53. The molecule has 0 unspecified atom stereocenters. The lowest BCUT2D eigenvalue weighted by molar-refractivity contribution is -0.206. The van der Waals surface area contributed by atoms with Gasteiger partial charge >= 0.3 is 5.97 Å². The van der Waals surface area contributed by atoms with Crippen molar-refractivity contribution in [2.75, 3.05) is 13.7 Å². The second-order valence-electron chi connectivity index (χ2n) is 2.26. The van der Waals surface area contributed by atoms with E-state index in [1.807, 2.05) is 0 Å². The van der Waals surface area contributed by atoms with Crippen LogP contribution >= 0.6 is 0 Å². The first-order valence-corrected chi connectivity index (χ1v) is 2.87. The monoisotopic (exact) mass is 147 g/mol. The van der Waals surface area contributed by atoms with Crippen molar-refractivity contribution in [2.24, 2.45) is 0 Å². The summed E-state index contributed by atoms with van der Waals surface area (Å²) in [6.45, 7) is 2.80. The minimum Gasteiger partial charge on any atom is -0.354 e. The lowest BCUT2D eigenvalue weighted by Gasteiger charge is -2.21. The van der Waals surface area contributed by atoms with Crippen LogP contribution in [-0.2, 0) is 19.4 Å². The van der Waals surface area contributed by atoms with Crippen LogP contribution in [0.1, 0.15) is 13.8 Å². The Morgan fingerprint density at radius 2 is 2.00 bits per heavy atom. The van der Waals surface area contributed by atoms with Crippen LogP contribution in [0.2, 0.25) is 0 Å². The van der Waals surface area contributed by atoms with Crippen LogP contribution in [0.25, 0.3) is 0 Å². The Labute approximate surface area is 59.7 Å². The fourth-order valence-electron chi connectivity index (χ4n) is 0.292. The van der Waals surface area contributed by atoms with Gasteiger partial charge in [-0.25, -0.2) is 9.90 Å². The fourth-order valence-corrected chi connectivity index (χ4v) is 0.292. The van der Waals surface area contributed by atoms with E-state index >= 15 is 0 Å². The summed E-state index contributed by atoms with van der Waals surface area (Å²) in [5.41, 5.74) is 0. The number of rotatable bonds is 4. The molecule has 0 aromatic carbocycles. The third-order valence-electron chi connectivity index (χ3n) is 1.03. The van der Waals surface area contributed by atoms with Gasteiger partial charge in [0.2, 0.25) is 0 Å². The number of ether oxygens (including phenoxy) is 2. The quantitative estimate of drug-likeness (QED) is 0.539. The van der Waals surface area contributed by atoms with E-state index in [1.54, 1.807) is 13.8 Å². The molecule has 0 bridgehead atoms. The first-order valence-electron chi connectivity index (χ1n) is 2.87. The topological polar surface area (TPSA) is 55.4 Å². The van der Waals surface area contributed by atoms with Crippen LogP contribution in [0.15, 0.2) is 0 Å². The largest absolute Gasteiger partial charge is 0.381 e. The summed E-state index contributed by atoms with van der Waals surface area (Å²) in [6.07, 6.45) is 0. The number of hydrogen-bond acceptors (Lipinski definition) is 3. The van der Waals surface area contributed by atoms with Crippen molar-refractivity contribution < 1.29 is 19.4 Å². The zero-order valence-electron chi connectivity index (χ0n) is 6.34. The fraction of sp³-hybridized carbons (Fsp3) is 0.833. The molecule has 59 valence electrons. The molecule has 0 rings (SSSR count). The summed E-state index contributed by atoms with van der Waals surface area (Å²) in [4.78, 5) is 9.87. The van der Waals surface area contributed by atoms with E-state index in [2.05, 4.69) is 0 Å². The Morgan fingerprint density at radius 3 is 2.30 bits per heavy atom. The smallest absolute Gasteiger partial charge is 0.354 e. The van der Waals surface area contributed by atoms with Crippen LogP contribution in [-0.4, -0.2) is 25.5 Å². The van der Waals surface area contributed by atoms with Crippen molar-refractivity contribution in [2.45, 2.75) is 19.6 Å². The third-order valence-corrected chi connectivity index (χ3v) is 1.03. The van der Waals surface area contributed by atoms with Crippen molar-refractivity contribution in [1.82, 2.24) is 0 Å². The molecule has 0 aliphatic heterocycles. The Hall–Kier alpha value is -0.610. The lowest BCUT2D eigenvalue weighted by atomic mass is 10.4. The minimum absolute atomic E-state index is 0.444. The van der Waals surface area contributed by atoms with Gasteiger partial charge in [-0.15, -0.1) is 0 Å². The molecular weight excluding hydrogens is 136 g/mol. The second kappa shape index (κ2) is 3.53. The molecule has 0 aromatic heterocycles. The first-order chi connectivity index (χ1) is 4.48. The highest BCUT2D eigenvalue weighted by Gasteiger charge is 2.18. The van der Waals surface area contributed by atoms with E-state index < -0.39 is 18.4 Å². The molecule has 0 heterocycles. The SMILES string of the molecule is COC(C)(C)OCC([O])=O. The summed E-state index contributed by atoms with van der Waals surface area (Å²) in [5.74, 6) is -2.09. The molecule has 1 radical (unpaired) electrons. The molecule has 0 saturated heterocycles. The molecule has 0 aliphatic rings. The maximum atomic E-state index is 9.87. The molecule has 0 saturated carbocycles. The van der Waals surface area contributed by atoms with Gasteiger partial charge in [0.25, 0.3) is 0 Å². The van der Waals surface area contributed by atoms with Crippen LogP contribution in [0, 0.1) is 0 Å². The zero-order chi connectivity index (χ0) is 8.20. The number of methoxy groups -OCH3 is 1. The van der Waals surface area contributed by atoms with E-state index in [1.165, 1.54) is 7.11 Å². The van der Waals surface area contributed by atoms with E-state index in [0.717, 1.165) is 0 Å². The first kappa shape index (κ1) is 9.39. The van der Waals surface area contributed by atoms with Gasteiger partial charge in [0.1, 0.15) is 0 Å². The average Bonchev–Trinajstić information content (AvgIpc) is 1.85. The average molecular weight is 147 g/mol. The highest BCUT2D eigenvalue weighted by atomic mass is 16.7. The van der Waals surface area contributed by atoms with Crippen molar-refractivity contribution in [3.63, 3.8) is 0 Å². The van der Waals surface area contributed by atoms with Crippen LogP contribution in [0.4, 0.5) is 0 Å². The number of carbonyl (C=O) groups excluding carboxylic acids is 1. The van der Waals surface area contributed by atoms with E-state index in [4.69, 9.17) is 9.47 Å². The van der Waals surface area contributed by atoms with Gasteiger partial charge in [0.15, 0.2) is 12.4 Å². The Balaban J connectivity index is 3.56. The van der Waals surface area contributed by atoms with Gasteiger partial charge in [0.05, 0.1) is 0 Å². The zero-order valence-corrected chi connectivity index (χ0v) is 6.34. The van der Waals surface area contributed by atoms with Crippen LogP contribution in [0.3, 0.4) is 0 Å². The Bertz CT molecular complexity index is 119. The molecule has 0 amide bonds. The van der Waals surface area contributed by atoms with Crippen molar-refractivity contribution >= 4 is 5.97 Å². The molecule has 4 nitrogen and oxygen atoms in total. The molecule has 10 heavy (non-hydrogen) atoms. The molecule has 0 spiro atoms. The van der Waals surface area contributed by atoms with Crippen LogP contribution in [0.5, 0.6) is 0 Å². The van der Waals surface area contributed by atoms with Gasteiger partial charge in [-0.2, -0.15) is 0 Å². The van der Waals surface area contributed by atoms with Gasteiger partial charge in [-0.1, -0.05) is 0 Å². The highest BCUT2D eigenvalue weighted by molar-refractivity contribution is 5.67. The Kier molecular flexibility index (Phi) is 3.32. The standard InChI is InChI=1S/C6H11O4/c1-6(2,9-3)10-4-5(7)8/h4H2,1-3H3. The molecule has 0 fully saturated rings. The van der Waals surface area contributed by atoms with Gasteiger partial charge in [-0.05, 0) is 13.8 Å². The van der Waals surface area contributed by atoms with Gasteiger partial charge < -0.3 is 9.47 Å². The van der Waals surface area contributed by atoms with Crippen LogP contribution < -0.4 is 0 Å². The predicted octanol–water partition coefficient (Wildman–Crippen LogP) is 0.343. The normalized spacial score (nSPS) is 11.5. The molecule has 0 N–H and O–H groups in total. The molecule has 0 atom stereocenters. The molecule has 0 aromatic rings. The van der Waals surface area contributed by atoms with E-state index in [-0.39, 0.29) is 0 Å². The van der Waals surface area contributed by atoms with E-state index in [9.17, 15) is 9.90 Å². The van der Waals surface area contributed by atoms with Crippen molar-refractivity contribution in [1.29, 1.82) is 0 Å². The maximum Gasteiger partial charge on any atom is 0.381 e. The molecule has 4 heteroatoms. The summed E-state index contributed by atoms with van der Waals surface area (Å²) in [6, 6.07) is 0. The highest BCUT2D eigenvalue weighted by Crippen LogP contribution is 2.07. The van der Waals surface area contributed by atoms with E-state index in [0.29, 0.717) is 0 Å². The number of hydrogen-bond donors (Lipinski definition) is 0. The summed E-state index contributed by atoms with van der Waals surface area (Å²) in [5, 5.41) is 9.87. The maximum absolute atomic E-state index is 9.87. The van der Waals surface area contributed by atoms with Crippen molar-refractivity contribution in [3.8, 4) is 0 Å². The third kappa shape index (κ3) is 4.29. The van der Waals surface area contributed by atoms with Gasteiger partial charge in [0, 0.05) is 7.11 Å². The minimum atomic E-state index is -1.25. The number of carbonyl (C=O) groups is 1. The summed E-state index contributed by atoms with van der Waals surface area (Å²) >= 11 is 0. The lowest BCUT2D eigenvalue weighted by Crippen LogP contribution is -2.29. The Morgan fingerprint density at radius 1 is 1.50 bits per heavy atom. The van der Waals surface area contributed by atoms with Gasteiger partial charge in [-0.3, -0.25) is 0 Å². The molecular formula is C6H11O4. The van der Waals surface area contributed by atoms with Crippen molar-refractivity contribution in [3.05, 3.63) is 0 Å². The summed E-state index contributed by atoms with van der Waals surface area (Å²) in [7, 11) is 1.44.